The smallest absolute Gasteiger partial charge is 0.410 e. The van der Waals surface area contributed by atoms with Crippen LogP contribution >= 0.6 is 0 Å². The molecule has 3 aliphatic rings. The maximum Gasteiger partial charge on any atom is 0.410 e. The van der Waals surface area contributed by atoms with Gasteiger partial charge in [0.2, 0.25) is 0 Å². The van der Waals surface area contributed by atoms with Gasteiger partial charge < -0.3 is 28.9 Å². The van der Waals surface area contributed by atoms with Crippen LogP contribution in [0, 0.1) is 0 Å². The van der Waals surface area contributed by atoms with Crippen LogP contribution in [0.15, 0.2) is 42.9 Å². The Morgan fingerprint density at radius 3 is 2.44 bits per heavy atom. The van der Waals surface area contributed by atoms with E-state index in [4.69, 9.17) is 19.2 Å². The molecule has 0 aliphatic carbocycles. The van der Waals surface area contributed by atoms with Crippen molar-refractivity contribution in [2.24, 2.45) is 0 Å². The summed E-state index contributed by atoms with van der Waals surface area (Å²) in [5.41, 5.74) is 4.45. The molecule has 3 aromatic heterocycles. The molecule has 0 unspecified atom stereocenters. The minimum atomic E-state index is -0.491. The minimum Gasteiger partial charge on any atom is -0.438 e. The molecule has 6 heterocycles. The SMILES string of the molecule is CCOC1(c2ccc(-c3cc4c(N5CCN(C(=O)OC6(C)COC6)CC5)ccnn4c3)nc2)CCN(C(C)C)CC1. The van der Waals surface area contributed by atoms with Gasteiger partial charge in [-0.05, 0) is 58.7 Å². The third-order valence-corrected chi connectivity index (χ3v) is 8.86. The fraction of sp³-hybridized carbons (Fsp3) is 0.581. The number of likely N-dealkylation sites (tertiary alicyclic amines) is 1. The minimum absolute atomic E-state index is 0.258. The third-order valence-electron chi connectivity index (χ3n) is 8.86. The van der Waals surface area contributed by atoms with Crippen molar-refractivity contribution in [2.75, 3.05) is 64.0 Å². The molecule has 6 rings (SSSR count). The fourth-order valence-electron chi connectivity index (χ4n) is 6.29. The highest BCUT2D eigenvalue weighted by Gasteiger charge is 2.40. The van der Waals surface area contributed by atoms with E-state index in [1.54, 1.807) is 4.90 Å². The van der Waals surface area contributed by atoms with Crippen LogP contribution in [0.5, 0.6) is 0 Å². The maximum atomic E-state index is 12.6. The Labute approximate surface area is 242 Å². The molecule has 0 spiro atoms. The highest BCUT2D eigenvalue weighted by atomic mass is 16.6. The molecule has 3 saturated heterocycles. The molecule has 10 nitrogen and oxygen atoms in total. The molecular formula is C31H42N6O4. The van der Waals surface area contributed by atoms with Gasteiger partial charge in [0.05, 0.1) is 35.7 Å². The van der Waals surface area contributed by atoms with Gasteiger partial charge in [0.15, 0.2) is 5.60 Å². The number of amides is 1. The zero-order valence-electron chi connectivity index (χ0n) is 24.7. The highest BCUT2D eigenvalue weighted by Crippen LogP contribution is 2.38. The van der Waals surface area contributed by atoms with Crippen molar-refractivity contribution in [1.82, 2.24) is 24.4 Å². The van der Waals surface area contributed by atoms with Gasteiger partial charge in [-0.2, -0.15) is 5.10 Å². The van der Waals surface area contributed by atoms with Gasteiger partial charge in [-0.3, -0.25) is 4.98 Å². The van der Waals surface area contributed by atoms with E-state index < -0.39 is 5.60 Å². The summed E-state index contributed by atoms with van der Waals surface area (Å²) in [5.74, 6) is 0. The van der Waals surface area contributed by atoms with Gasteiger partial charge in [-0.1, -0.05) is 6.07 Å². The zero-order chi connectivity index (χ0) is 28.6. The molecule has 0 N–H and O–H groups in total. The molecule has 3 fully saturated rings. The third kappa shape index (κ3) is 5.52. The number of pyridine rings is 1. The number of carbonyl (C=O) groups is 1. The van der Waals surface area contributed by atoms with E-state index in [1.807, 2.05) is 36.1 Å². The first-order valence-electron chi connectivity index (χ1n) is 14.9. The van der Waals surface area contributed by atoms with Gasteiger partial charge in [-0.25, -0.2) is 9.31 Å². The number of carbonyl (C=O) groups excluding carboxylic acids is 1. The van der Waals surface area contributed by atoms with Crippen molar-refractivity contribution < 1.29 is 19.0 Å². The number of piperidine rings is 1. The molecule has 41 heavy (non-hydrogen) atoms. The number of anilines is 1. The summed E-state index contributed by atoms with van der Waals surface area (Å²) in [6.07, 6.45) is 7.56. The first kappa shape index (κ1) is 27.9. The largest absolute Gasteiger partial charge is 0.438 e. The molecule has 0 bridgehead atoms. The number of nitrogens with zero attached hydrogens (tertiary/aromatic N) is 6. The van der Waals surface area contributed by atoms with Crippen molar-refractivity contribution in [1.29, 1.82) is 0 Å². The Morgan fingerprint density at radius 2 is 1.83 bits per heavy atom. The number of aromatic nitrogens is 3. The van der Waals surface area contributed by atoms with E-state index in [0.29, 0.717) is 39.0 Å². The van der Waals surface area contributed by atoms with Gasteiger partial charge in [0, 0.05) is 81.6 Å². The molecule has 0 atom stereocenters. The van der Waals surface area contributed by atoms with E-state index in [0.717, 1.165) is 67.0 Å². The molecule has 10 heteroatoms. The van der Waals surface area contributed by atoms with Gasteiger partial charge >= 0.3 is 6.09 Å². The lowest BCUT2D eigenvalue weighted by atomic mass is 9.84. The first-order valence-corrected chi connectivity index (χ1v) is 14.9. The lowest BCUT2D eigenvalue weighted by Crippen LogP contribution is -2.55. The van der Waals surface area contributed by atoms with E-state index in [-0.39, 0.29) is 11.7 Å². The highest BCUT2D eigenvalue weighted by molar-refractivity contribution is 5.79. The van der Waals surface area contributed by atoms with E-state index in [9.17, 15) is 4.79 Å². The lowest BCUT2D eigenvalue weighted by Gasteiger charge is -2.43. The predicted octanol–water partition coefficient (Wildman–Crippen LogP) is 4.18. The van der Waals surface area contributed by atoms with Crippen molar-refractivity contribution in [3.05, 3.63) is 48.4 Å². The Hall–Kier alpha value is -3.21. The summed E-state index contributed by atoms with van der Waals surface area (Å²) in [6.45, 7) is 14.9. The van der Waals surface area contributed by atoms with Crippen LogP contribution in [0.4, 0.5) is 10.5 Å². The Balaban J connectivity index is 1.16. The predicted molar refractivity (Wildman–Crippen MR) is 157 cm³/mol. The number of ether oxygens (including phenoxy) is 3. The van der Waals surface area contributed by atoms with E-state index >= 15 is 0 Å². The topological polar surface area (TPSA) is 84.7 Å². The van der Waals surface area contributed by atoms with Gasteiger partial charge in [-0.15, -0.1) is 0 Å². The van der Waals surface area contributed by atoms with Crippen LogP contribution in [0.3, 0.4) is 0 Å². The van der Waals surface area contributed by atoms with Crippen LogP contribution in [-0.4, -0.2) is 101 Å². The number of hydrogen-bond donors (Lipinski definition) is 0. The summed E-state index contributed by atoms with van der Waals surface area (Å²) in [7, 11) is 0. The summed E-state index contributed by atoms with van der Waals surface area (Å²) < 4.78 is 19.2. The first-order chi connectivity index (χ1) is 19.8. The molecule has 0 radical (unpaired) electrons. The molecular weight excluding hydrogens is 520 g/mol. The van der Waals surface area contributed by atoms with Crippen molar-refractivity contribution in [2.45, 2.75) is 57.8 Å². The molecule has 3 aromatic rings. The number of hydrogen-bond acceptors (Lipinski definition) is 8. The van der Waals surface area contributed by atoms with Crippen LogP contribution in [0.1, 0.15) is 46.1 Å². The summed E-state index contributed by atoms with van der Waals surface area (Å²) >= 11 is 0. The fourth-order valence-corrected chi connectivity index (χ4v) is 6.29. The second-order valence-corrected chi connectivity index (χ2v) is 12.0. The molecule has 0 aromatic carbocycles. The molecule has 0 saturated carbocycles. The van der Waals surface area contributed by atoms with E-state index in [1.165, 1.54) is 0 Å². The average molecular weight is 563 g/mol. The van der Waals surface area contributed by atoms with Gasteiger partial charge in [0.1, 0.15) is 0 Å². The number of rotatable bonds is 7. The van der Waals surface area contributed by atoms with Crippen molar-refractivity contribution in [3.63, 3.8) is 0 Å². The molecule has 220 valence electrons. The van der Waals surface area contributed by atoms with Crippen LogP contribution in [-0.2, 0) is 19.8 Å². The second-order valence-electron chi connectivity index (χ2n) is 12.0. The maximum absolute atomic E-state index is 12.6. The van der Waals surface area contributed by atoms with Crippen LogP contribution < -0.4 is 4.90 Å². The number of piperazine rings is 1. The molecule has 1 amide bonds. The quantitative estimate of drug-likeness (QED) is 0.424. The van der Waals surface area contributed by atoms with Crippen molar-refractivity contribution in [3.8, 4) is 11.3 Å². The lowest BCUT2D eigenvalue weighted by molar-refractivity contribution is -0.172. The Bertz CT molecular complexity index is 1350. The summed E-state index contributed by atoms with van der Waals surface area (Å²) in [4.78, 5) is 24.2. The van der Waals surface area contributed by atoms with E-state index in [2.05, 4.69) is 53.9 Å². The Morgan fingerprint density at radius 1 is 1.07 bits per heavy atom. The molecule has 3 aliphatic heterocycles. The van der Waals surface area contributed by atoms with Crippen LogP contribution in [0.2, 0.25) is 0 Å². The summed E-state index contributed by atoms with van der Waals surface area (Å²) in [6, 6.07) is 9.05. The van der Waals surface area contributed by atoms with Crippen molar-refractivity contribution >= 4 is 17.3 Å². The second kappa shape index (κ2) is 11.2. The standard InChI is InChI=1S/C31H42N6O4/c1-5-40-31(9-12-34(13-10-31)23(2)3)25-6-7-26(32-19-25)24-18-28-27(8-11-33-37(28)20-24)35-14-16-36(17-15-35)29(38)41-30(4)21-39-22-30/h6-8,11,18-20,23H,5,9-10,12-17,21-22H2,1-4H3. The number of fused-ring (bicyclic) bond motifs is 1. The average Bonchev–Trinajstić information content (AvgIpc) is 3.42. The van der Waals surface area contributed by atoms with Crippen LogP contribution in [0.25, 0.3) is 16.8 Å². The monoisotopic (exact) mass is 562 g/mol. The normalized spacial score (nSPS) is 20.8. The Kier molecular flexibility index (Phi) is 7.65. The van der Waals surface area contributed by atoms with Gasteiger partial charge in [0.25, 0.3) is 0 Å². The zero-order valence-corrected chi connectivity index (χ0v) is 24.7. The summed E-state index contributed by atoms with van der Waals surface area (Å²) in [5, 5.41) is 4.57.